The van der Waals surface area contributed by atoms with Gasteiger partial charge in [-0.3, -0.25) is 14.5 Å². The molecule has 0 spiro atoms. The number of nitrogens with one attached hydrogen (secondary N) is 1. The first-order valence-electron chi connectivity index (χ1n) is 11.7. The molecule has 0 bridgehead atoms. The number of phenolic OH excluding ortho intramolecular Hbond substituents is 1. The summed E-state index contributed by atoms with van der Waals surface area (Å²) in [4.78, 5) is 31.1. The molecule has 0 radical (unpaired) electrons. The van der Waals surface area contributed by atoms with E-state index in [-0.39, 0.29) is 22.8 Å². The van der Waals surface area contributed by atoms with Crippen LogP contribution < -0.4 is 9.64 Å². The number of aromatic amines is 1. The number of hydrogen-bond acceptors (Lipinski definition) is 5. The van der Waals surface area contributed by atoms with Gasteiger partial charge in [-0.15, -0.1) is 0 Å². The Kier molecular flexibility index (Phi) is 5.98. The molecule has 1 fully saturated rings. The fourth-order valence-corrected chi connectivity index (χ4v) is 4.49. The van der Waals surface area contributed by atoms with Gasteiger partial charge in [-0.2, -0.15) is 0 Å². The molecule has 5 rings (SSSR count). The summed E-state index contributed by atoms with van der Waals surface area (Å²) in [5.41, 5.74) is 1.97. The number of ether oxygens (including phenoxy) is 1. The van der Waals surface area contributed by atoms with E-state index in [9.17, 15) is 19.8 Å². The maximum atomic E-state index is 13.4. The van der Waals surface area contributed by atoms with Crippen LogP contribution in [0.1, 0.15) is 31.0 Å². The molecular weight excluding hydrogens is 456 g/mol. The van der Waals surface area contributed by atoms with E-state index in [0.29, 0.717) is 29.4 Å². The lowest BCUT2D eigenvalue weighted by molar-refractivity contribution is -0.132. The lowest BCUT2D eigenvalue weighted by Gasteiger charge is -2.25. The number of fused-ring (bicyclic) bond motifs is 1. The van der Waals surface area contributed by atoms with Crippen LogP contribution >= 0.6 is 0 Å². The molecule has 1 atom stereocenters. The predicted molar refractivity (Wildman–Crippen MR) is 138 cm³/mol. The van der Waals surface area contributed by atoms with Crippen LogP contribution in [0, 0.1) is 5.92 Å². The van der Waals surface area contributed by atoms with Gasteiger partial charge in [-0.1, -0.05) is 44.2 Å². The summed E-state index contributed by atoms with van der Waals surface area (Å²) in [5.74, 6) is -1.09. The molecule has 3 N–H and O–H groups in total. The average molecular weight is 483 g/mol. The summed E-state index contributed by atoms with van der Waals surface area (Å²) in [6.45, 7) is 4.65. The quantitative estimate of drug-likeness (QED) is 0.190. The fourth-order valence-electron chi connectivity index (χ4n) is 4.49. The van der Waals surface area contributed by atoms with Crippen LogP contribution in [-0.2, 0) is 9.59 Å². The van der Waals surface area contributed by atoms with Gasteiger partial charge in [0.2, 0.25) is 0 Å². The molecule has 0 saturated carbocycles. The van der Waals surface area contributed by atoms with Crippen molar-refractivity contribution >= 4 is 34.0 Å². The van der Waals surface area contributed by atoms with Crippen molar-refractivity contribution in [2.24, 2.45) is 5.92 Å². The van der Waals surface area contributed by atoms with Gasteiger partial charge in [0.05, 0.1) is 23.9 Å². The molecule has 36 heavy (non-hydrogen) atoms. The number of aliphatic hydroxyl groups is 1. The van der Waals surface area contributed by atoms with Gasteiger partial charge >= 0.3 is 0 Å². The third-order valence-electron chi connectivity index (χ3n) is 6.21. The van der Waals surface area contributed by atoms with E-state index in [4.69, 9.17) is 4.74 Å². The van der Waals surface area contributed by atoms with Crippen molar-refractivity contribution in [3.05, 3.63) is 95.7 Å². The molecule has 1 aliphatic heterocycles. The second kappa shape index (κ2) is 9.26. The molecule has 1 saturated heterocycles. The highest BCUT2D eigenvalue weighted by atomic mass is 16.5. The van der Waals surface area contributed by atoms with Crippen molar-refractivity contribution in [3.8, 4) is 11.5 Å². The lowest BCUT2D eigenvalue weighted by Crippen LogP contribution is -2.29. The molecule has 3 aromatic carbocycles. The Morgan fingerprint density at radius 1 is 1.00 bits per heavy atom. The highest BCUT2D eigenvalue weighted by molar-refractivity contribution is 6.52. The summed E-state index contributed by atoms with van der Waals surface area (Å²) >= 11 is 0. The van der Waals surface area contributed by atoms with E-state index in [2.05, 4.69) is 18.8 Å². The van der Waals surface area contributed by atoms with E-state index in [1.54, 1.807) is 48.7 Å². The Morgan fingerprint density at radius 2 is 1.69 bits per heavy atom. The highest BCUT2D eigenvalue weighted by Crippen LogP contribution is 2.46. The zero-order valence-corrected chi connectivity index (χ0v) is 19.9. The maximum absolute atomic E-state index is 13.4. The first-order chi connectivity index (χ1) is 17.4. The van der Waals surface area contributed by atoms with Crippen LogP contribution in [0.5, 0.6) is 11.5 Å². The number of carbonyl (C=O) groups is 2. The number of carbonyl (C=O) groups excluding carboxylic acids is 2. The molecule has 4 aromatic rings. The number of ketones is 1. The maximum Gasteiger partial charge on any atom is 0.300 e. The standard InChI is InChI=1S/C29H26N2O5/c1-17(2)16-36-19-13-11-18(12-14-19)27(33)25-26(21-15-30-22-8-4-3-7-20(21)22)31(29(35)28(25)34)23-9-5-6-10-24(23)32/h3-15,17,26,30,32-33H,16H2,1-2H3/b27-25+. The molecule has 1 aliphatic rings. The Morgan fingerprint density at radius 3 is 2.42 bits per heavy atom. The summed E-state index contributed by atoms with van der Waals surface area (Å²) in [6, 6.07) is 19.7. The number of aromatic hydroxyl groups is 1. The van der Waals surface area contributed by atoms with Crippen LogP contribution in [0.2, 0.25) is 0 Å². The number of amides is 1. The number of nitrogens with zero attached hydrogens (tertiary/aromatic N) is 1. The third-order valence-corrected chi connectivity index (χ3v) is 6.21. The van der Waals surface area contributed by atoms with Gasteiger partial charge in [-0.05, 0) is 48.4 Å². The summed E-state index contributed by atoms with van der Waals surface area (Å²) < 4.78 is 5.72. The van der Waals surface area contributed by atoms with E-state index >= 15 is 0 Å². The normalized spacial score (nSPS) is 17.3. The number of benzene rings is 3. The summed E-state index contributed by atoms with van der Waals surface area (Å²) in [5, 5.41) is 22.7. The van der Waals surface area contributed by atoms with Crippen molar-refractivity contribution in [2.45, 2.75) is 19.9 Å². The van der Waals surface area contributed by atoms with Crippen LogP contribution in [-0.4, -0.2) is 33.5 Å². The Labute approximate surface area is 208 Å². The number of aromatic nitrogens is 1. The zero-order chi connectivity index (χ0) is 25.4. The monoisotopic (exact) mass is 482 g/mol. The molecule has 7 heteroatoms. The number of aliphatic hydroxyl groups excluding tert-OH is 1. The van der Waals surface area contributed by atoms with Crippen molar-refractivity contribution in [1.82, 2.24) is 4.98 Å². The number of para-hydroxylation sites is 3. The number of Topliss-reactive ketones (excluding diaryl/α,β-unsaturated/α-hetero) is 1. The lowest BCUT2D eigenvalue weighted by atomic mass is 9.94. The van der Waals surface area contributed by atoms with Gasteiger partial charge in [0.1, 0.15) is 17.3 Å². The smallest absolute Gasteiger partial charge is 0.300 e. The largest absolute Gasteiger partial charge is 0.507 e. The Hall–Kier alpha value is -4.52. The Bertz CT molecular complexity index is 1480. The minimum atomic E-state index is -0.952. The predicted octanol–water partition coefficient (Wildman–Crippen LogP) is 5.53. The van der Waals surface area contributed by atoms with E-state index < -0.39 is 17.7 Å². The molecule has 1 aromatic heterocycles. The minimum Gasteiger partial charge on any atom is -0.507 e. The molecule has 0 aliphatic carbocycles. The summed E-state index contributed by atoms with van der Waals surface area (Å²) in [6.07, 6.45) is 1.73. The number of H-pyrrole nitrogens is 1. The molecular formula is C29H26N2O5. The van der Waals surface area contributed by atoms with Crippen molar-refractivity contribution in [1.29, 1.82) is 0 Å². The average Bonchev–Trinajstić information content (AvgIpc) is 3.41. The first kappa shape index (κ1) is 23.2. The molecule has 1 unspecified atom stereocenters. The van der Waals surface area contributed by atoms with Gasteiger partial charge in [0, 0.05) is 28.2 Å². The van der Waals surface area contributed by atoms with E-state index in [1.165, 1.54) is 11.0 Å². The van der Waals surface area contributed by atoms with Crippen LogP contribution in [0.3, 0.4) is 0 Å². The van der Waals surface area contributed by atoms with E-state index in [1.807, 2.05) is 24.3 Å². The second-order valence-corrected chi connectivity index (χ2v) is 9.18. The van der Waals surface area contributed by atoms with E-state index in [0.717, 1.165) is 10.9 Å². The first-order valence-corrected chi connectivity index (χ1v) is 11.7. The molecule has 1 amide bonds. The fraction of sp³-hybridized carbons (Fsp3) is 0.172. The number of rotatable bonds is 6. The minimum absolute atomic E-state index is 0.0520. The summed E-state index contributed by atoms with van der Waals surface area (Å²) in [7, 11) is 0. The van der Waals surface area contributed by atoms with Gasteiger partial charge in [0.25, 0.3) is 11.7 Å². The molecule has 7 nitrogen and oxygen atoms in total. The van der Waals surface area contributed by atoms with Crippen LogP contribution in [0.25, 0.3) is 16.7 Å². The number of hydrogen-bond donors (Lipinski definition) is 3. The van der Waals surface area contributed by atoms with Crippen molar-refractivity contribution in [2.75, 3.05) is 11.5 Å². The SMILES string of the molecule is CC(C)COc1ccc(/C(O)=C2\C(=O)C(=O)N(c3ccccc3O)C2c2c[nH]c3ccccc23)cc1. The number of phenols is 1. The van der Waals surface area contributed by atoms with Crippen LogP contribution in [0.15, 0.2) is 84.6 Å². The molecule has 2 heterocycles. The van der Waals surface area contributed by atoms with Gasteiger partial charge in [0.15, 0.2) is 0 Å². The van der Waals surface area contributed by atoms with Crippen molar-refractivity contribution < 1.29 is 24.5 Å². The molecule has 182 valence electrons. The Balaban J connectivity index is 1.67. The van der Waals surface area contributed by atoms with Crippen LogP contribution in [0.4, 0.5) is 5.69 Å². The van der Waals surface area contributed by atoms with Gasteiger partial charge in [-0.25, -0.2) is 0 Å². The van der Waals surface area contributed by atoms with Crippen molar-refractivity contribution in [3.63, 3.8) is 0 Å². The highest BCUT2D eigenvalue weighted by Gasteiger charge is 2.48. The third kappa shape index (κ3) is 3.98. The zero-order valence-electron chi connectivity index (χ0n) is 19.9. The second-order valence-electron chi connectivity index (χ2n) is 9.18. The topological polar surface area (TPSA) is 103 Å². The number of anilines is 1. The van der Waals surface area contributed by atoms with Gasteiger partial charge < -0.3 is 19.9 Å².